The van der Waals surface area contributed by atoms with E-state index in [0.29, 0.717) is 16.8 Å². The molecule has 0 unspecified atom stereocenters. The van der Waals surface area contributed by atoms with Crippen molar-refractivity contribution in [1.29, 1.82) is 0 Å². The molecule has 2 amide bonds. The van der Waals surface area contributed by atoms with Crippen LogP contribution in [-0.4, -0.2) is 24.5 Å². The van der Waals surface area contributed by atoms with Crippen LogP contribution in [0.5, 0.6) is 5.75 Å². The van der Waals surface area contributed by atoms with E-state index < -0.39 is 6.04 Å². The molecule has 24 heavy (non-hydrogen) atoms. The van der Waals surface area contributed by atoms with Crippen LogP contribution in [0, 0.1) is 0 Å². The van der Waals surface area contributed by atoms with E-state index in [1.54, 1.807) is 12.1 Å². The monoisotopic (exact) mass is 388 g/mol. The molecule has 0 aromatic heterocycles. The van der Waals surface area contributed by atoms with Crippen LogP contribution < -0.4 is 15.0 Å². The number of halogens is 1. The number of nitrogens with zero attached hydrogens (tertiary/aromatic N) is 1. The molecule has 0 bridgehead atoms. The molecule has 0 saturated carbocycles. The first-order valence-corrected chi connectivity index (χ1v) is 8.50. The van der Waals surface area contributed by atoms with Gasteiger partial charge in [-0.15, -0.1) is 0 Å². The van der Waals surface area contributed by atoms with Gasteiger partial charge in [0.25, 0.3) is 5.91 Å². The smallest absolute Gasteiger partial charge is 0.256 e. The maximum absolute atomic E-state index is 12.6. The zero-order valence-electron chi connectivity index (χ0n) is 13.2. The summed E-state index contributed by atoms with van der Waals surface area (Å²) in [5, 5.41) is 3.13. The quantitative estimate of drug-likeness (QED) is 0.795. The summed E-state index contributed by atoms with van der Waals surface area (Å²) in [6.45, 7) is 2.52. The summed E-state index contributed by atoms with van der Waals surface area (Å²) >= 11 is 3.39. The van der Waals surface area contributed by atoms with Crippen LogP contribution in [0.4, 0.5) is 11.4 Å². The van der Waals surface area contributed by atoms with Gasteiger partial charge < -0.3 is 10.1 Å². The summed E-state index contributed by atoms with van der Waals surface area (Å²) in [4.78, 5) is 26.2. The van der Waals surface area contributed by atoms with Gasteiger partial charge in [-0.2, -0.15) is 0 Å². The number of anilines is 2. The molecule has 1 aliphatic rings. The van der Waals surface area contributed by atoms with Gasteiger partial charge in [0.2, 0.25) is 5.91 Å². The lowest BCUT2D eigenvalue weighted by Crippen LogP contribution is -2.35. The first-order chi connectivity index (χ1) is 11.6. The first kappa shape index (κ1) is 16.5. The molecule has 1 heterocycles. The van der Waals surface area contributed by atoms with Crippen LogP contribution >= 0.6 is 15.9 Å². The number of rotatable bonds is 5. The molecule has 5 nitrogen and oxygen atoms in total. The minimum absolute atomic E-state index is 0.132. The van der Waals surface area contributed by atoms with Gasteiger partial charge in [0.15, 0.2) is 0 Å². The number of imide groups is 1. The second-order valence-corrected chi connectivity index (χ2v) is 6.23. The van der Waals surface area contributed by atoms with Gasteiger partial charge in [0, 0.05) is 10.2 Å². The molecule has 6 heteroatoms. The number of para-hydroxylation sites is 1. The normalized spacial score (nSPS) is 17.2. The van der Waals surface area contributed by atoms with Crippen LogP contribution in [0.25, 0.3) is 0 Å². The van der Waals surface area contributed by atoms with E-state index >= 15 is 0 Å². The molecule has 3 rings (SSSR count). The van der Waals surface area contributed by atoms with E-state index in [1.807, 2.05) is 43.3 Å². The van der Waals surface area contributed by atoms with E-state index in [0.717, 1.165) is 11.4 Å². The van der Waals surface area contributed by atoms with Crippen LogP contribution in [0.2, 0.25) is 0 Å². The van der Waals surface area contributed by atoms with Gasteiger partial charge in [0.05, 0.1) is 18.7 Å². The Morgan fingerprint density at radius 1 is 1.17 bits per heavy atom. The van der Waals surface area contributed by atoms with Crippen LogP contribution in [0.1, 0.15) is 13.3 Å². The lowest BCUT2D eigenvalue weighted by Gasteiger charge is -2.17. The Morgan fingerprint density at radius 2 is 1.88 bits per heavy atom. The molecule has 1 fully saturated rings. The van der Waals surface area contributed by atoms with Gasteiger partial charge in [-0.3, -0.25) is 9.59 Å². The van der Waals surface area contributed by atoms with Crippen LogP contribution in [0.15, 0.2) is 53.0 Å². The highest BCUT2D eigenvalue weighted by Crippen LogP contribution is 2.31. The Kier molecular flexibility index (Phi) is 4.85. The zero-order chi connectivity index (χ0) is 17.1. The van der Waals surface area contributed by atoms with E-state index in [1.165, 1.54) is 4.90 Å². The minimum Gasteiger partial charge on any atom is -0.494 e. The van der Waals surface area contributed by atoms with E-state index in [-0.39, 0.29) is 18.2 Å². The molecule has 2 aromatic rings. The molecule has 1 saturated heterocycles. The molecule has 1 aliphatic heterocycles. The largest absolute Gasteiger partial charge is 0.494 e. The second-order valence-electron chi connectivity index (χ2n) is 5.38. The predicted octanol–water partition coefficient (Wildman–Crippen LogP) is 3.59. The SMILES string of the molecule is CCOc1ccc(N[C@H]2CC(=O)N(c3ccccc3Br)C2=O)cc1. The van der Waals surface area contributed by atoms with Crippen molar-refractivity contribution >= 4 is 39.1 Å². The molecule has 1 N–H and O–H groups in total. The van der Waals surface area contributed by atoms with Gasteiger partial charge in [-0.1, -0.05) is 12.1 Å². The van der Waals surface area contributed by atoms with Crippen LogP contribution in [0.3, 0.4) is 0 Å². The zero-order valence-corrected chi connectivity index (χ0v) is 14.7. The third-order valence-electron chi connectivity index (χ3n) is 3.75. The Bertz CT molecular complexity index is 761. The molecular weight excluding hydrogens is 372 g/mol. The fourth-order valence-electron chi connectivity index (χ4n) is 2.65. The third-order valence-corrected chi connectivity index (χ3v) is 4.42. The predicted molar refractivity (Wildman–Crippen MR) is 96.3 cm³/mol. The number of benzene rings is 2. The van der Waals surface area contributed by atoms with Crippen LogP contribution in [-0.2, 0) is 9.59 Å². The Morgan fingerprint density at radius 3 is 2.54 bits per heavy atom. The molecule has 124 valence electrons. The van der Waals surface area contributed by atoms with Gasteiger partial charge >= 0.3 is 0 Å². The Balaban J connectivity index is 1.75. The summed E-state index contributed by atoms with van der Waals surface area (Å²) in [7, 11) is 0. The maximum Gasteiger partial charge on any atom is 0.256 e. The van der Waals surface area contributed by atoms with Gasteiger partial charge in [0.1, 0.15) is 11.8 Å². The maximum atomic E-state index is 12.6. The fraction of sp³-hybridized carbons (Fsp3) is 0.222. The van der Waals surface area contributed by atoms with Gasteiger partial charge in [-0.25, -0.2) is 4.90 Å². The number of nitrogens with one attached hydrogen (secondary N) is 1. The van der Waals surface area contributed by atoms with Crippen molar-refractivity contribution in [2.45, 2.75) is 19.4 Å². The highest BCUT2D eigenvalue weighted by Gasteiger charge is 2.40. The Hall–Kier alpha value is -2.34. The van der Waals surface area contributed by atoms with E-state index in [4.69, 9.17) is 4.74 Å². The van der Waals surface area contributed by atoms with Crippen molar-refractivity contribution < 1.29 is 14.3 Å². The molecular formula is C18H17BrN2O3. The van der Waals surface area contributed by atoms with Crippen molar-refractivity contribution in [3.05, 3.63) is 53.0 Å². The highest BCUT2D eigenvalue weighted by atomic mass is 79.9. The third kappa shape index (κ3) is 3.28. The molecule has 0 spiro atoms. The topological polar surface area (TPSA) is 58.6 Å². The summed E-state index contributed by atoms with van der Waals surface area (Å²) in [6, 6.07) is 14.0. The summed E-state index contributed by atoms with van der Waals surface area (Å²) < 4.78 is 6.11. The number of hydrogen-bond acceptors (Lipinski definition) is 4. The second kappa shape index (κ2) is 7.05. The first-order valence-electron chi connectivity index (χ1n) is 7.71. The van der Waals surface area contributed by atoms with Crippen molar-refractivity contribution in [3.63, 3.8) is 0 Å². The minimum atomic E-state index is -0.567. The molecule has 0 radical (unpaired) electrons. The molecule has 2 aromatic carbocycles. The lowest BCUT2D eigenvalue weighted by atomic mass is 10.2. The number of amides is 2. The average Bonchev–Trinajstić information content (AvgIpc) is 2.84. The molecule has 0 aliphatic carbocycles. The number of ether oxygens (including phenoxy) is 1. The van der Waals surface area contributed by atoms with E-state index in [9.17, 15) is 9.59 Å². The number of carbonyl (C=O) groups is 2. The summed E-state index contributed by atoms with van der Waals surface area (Å²) in [5.41, 5.74) is 1.35. The number of hydrogen-bond donors (Lipinski definition) is 1. The fourth-order valence-corrected chi connectivity index (χ4v) is 3.11. The van der Waals surface area contributed by atoms with Crippen molar-refractivity contribution in [1.82, 2.24) is 0 Å². The van der Waals surface area contributed by atoms with Gasteiger partial charge in [-0.05, 0) is 59.3 Å². The Labute approximate surface area is 148 Å². The summed E-state index contributed by atoms with van der Waals surface area (Å²) in [5.74, 6) is 0.308. The van der Waals surface area contributed by atoms with Crippen molar-refractivity contribution in [3.8, 4) is 5.75 Å². The average molecular weight is 389 g/mol. The molecule has 1 atom stereocenters. The summed E-state index contributed by atoms with van der Waals surface area (Å²) in [6.07, 6.45) is 0.132. The van der Waals surface area contributed by atoms with Crippen molar-refractivity contribution in [2.75, 3.05) is 16.8 Å². The highest BCUT2D eigenvalue weighted by molar-refractivity contribution is 9.10. The number of carbonyl (C=O) groups excluding carboxylic acids is 2. The lowest BCUT2D eigenvalue weighted by molar-refractivity contribution is -0.121. The van der Waals surface area contributed by atoms with Crippen molar-refractivity contribution in [2.24, 2.45) is 0 Å². The standard InChI is InChI=1S/C18H17BrN2O3/c1-2-24-13-9-7-12(8-10-13)20-15-11-17(22)21(18(15)23)16-6-4-3-5-14(16)19/h3-10,15,20H,2,11H2,1H3/t15-/m0/s1. The van der Waals surface area contributed by atoms with E-state index in [2.05, 4.69) is 21.2 Å².